The van der Waals surface area contributed by atoms with E-state index < -0.39 is 5.92 Å². The van der Waals surface area contributed by atoms with E-state index in [1.165, 1.54) is 0 Å². The van der Waals surface area contributed by atoms with Gasteiger partial charge in [-0.25, -0.2) is 0 Å². The van der Waals surface area contributed by atoms with Crippen molar-refractivity contribution in [1.29, 1.82) is 5.26 Å². The molecule has 24 heavy (non-hydrogen) atoms. The third-order valence-electron chi connectivity index (χ3n) is 4.17. The molecular formula is C16H14N4O4. The molecule has 0 spiro atoms. The summed E-state index contributed by atoms with van der Waals surface area (Å²) in [5.41, 5.74) is 8.49. The highest BCUT2D eigenvalue weighted by Crippen LogP contribution is 2.48. The first-order chi connectivity index (χ1) is 11.6. The van der Waals surface area contributed by atoms with Crippen LogP contribution in [0.25, 0.3) is 0 Å². The Kier molecular flexibility index (Phi) is 3.03. The molecular weight excluding hydrogens is 312 g/mol. The van der Waals surface area contributed by atoms with Crippen molar-refractivity contribution in [2.45, 2.75) is 12.8 Å². The lowest BCUT2D eigenvalue weighted by Gasteiger charge is -2.25. The summed E-state index contributed by atoms with van der Waals surface area (Å²) in [6, 6.07) is 5.69. The van der Waals surface area contributed by atoms with Crippen molar-refractivity contribution in [3.63, 3.8) is 0 Å². The predicted octanol–water partition coefficient (Wildman–Crippen LogP) is 1.67. The molecule has 0 saturated carbocycles. The van der Waals surface area contributed by atoms with Crippen molar-refractivity contribution in [3.05, 3.63) is 40.4 Å². The number of aromatic amines is 1. The number of methoxy groups -OCH3 is 1. The van der Waals surface area contributed by atoms with Crippen molar-refractivity contribution in [1.82, 2.24) is 10.2 Å². The van der Waals surface area contributed by atoms with Gasteiger partial charge in [0.2, 0.25) is 18.6 Å². The number of aromatic nitrogens is 2. The van der Waals surface area contributed by atoms with E-state index in [9.17, 15) is 5.26 Å². The maximum atomic E-state index is 9.61. The van der Waals surface area contributed by atoms with Crippen molar-refractivity contribution in [2.75, 3.05) is 13.9 Å². The molecule has 4 rings (SSSR count). The highest BCUT2D eigenvalue weighted by atomic mass is 16.7. The summed E-state index contributed by atoms with van der Waals surface area (Å²) >= 11 is 0. The lowest BCUT2D eigenvalue weighted by Crippen LogP contribution is -2.21. The number of aryl methyl sites for hydroxylation is 1. The van der Waals surface area contributed by atoms with Crippen LogP contribution in [0, 0.1) is 18.3 Å². The third-order valence-corrected chi connectivity index (χ3v) is 4.17. The molecule has 0 amide bonds. The molecule has 2 aliphatic heterocycles. The van der Waals surface area contributed by atoms with Gasteiger partial charge in [0.15, 0.2) is 11.5 Å². The number of rotatable bonds is 2. The fraction of sp³-hybridized carbons (Fsp3) is 0.250. The summed E-state index contributed by atoms with van der Waals surface area (Å²) in [4.78, 5) is 0. The van der Waals surface area contributed by atoms with Gasteiger partial charge in [-0.15, -0.1) is 5.10 Å². The quantitative estimate of drug-likeness (QED) is 0.862. The number of H-pyrrole nitrogens is 1. The molecule has 0 fully saturated rings. The van der Waals surface area contributed by atoms with Crippen molar-refractivity contribution in [2.24, 2.45) is 5.73 Å². The lowest BCUT2D eigenvalue weighted by atomic mass is 9.83. The number of benzene rings is 1. The van der Waals surface area contributed by atoms with Crippen molar-refractivity contribution in [3.8, 4) is 29.2 Å². The van der Waals surface area contributed by atoms with Crippen LogP contribution in [0.5, 0.6) is 23.1 Å². The molecule has 8 nitrogen and oxygen atoms in total. The van der Waals surface area contributed by atoms with Gasteiger partial charge in [-0.1, -0.05) is 0 Å². The number of hydrogen-bond acceptors (Lipinski definition) is 7. The highest BCUT2D eigenvalue weighted by Gasteiger charge is 2.37. The van der Waals surface area contributed by atoms with Crippen LogP contribution in [0.1, 0.15) is 22.7 Å². The highest BCUT2D eigenvalue weighted by molar-refractivity contribution is 5.62. The monoisotopic (exact) mass is 326 g/mol. The van der Waals surface area contributed by atoms with Gasteiger partial charge < -0.3 is 24.7 Å². The van der Waals surface area contributed by atoms with Crippen molar-refractivity contribution < 1.29 is 18.9 Å². The topological polar surface area (TPSA) is 115 Å². The van der Waals surface area contributed by atoms with Crippen LogP contribution in [0.2, 0.25) is 0 Å². The van der Waals surface area contributed by atoms with E-state index in [2.05, 4.69) is 16.3 Å². The zero-order valence-corrected chi connectivity index (χ0v) is 13.0. The first kappa shape index (κ1) is 14.3. The van der Waals surface area contributed by atoms with Gasteiger partial charge in [0, 0.05) is 22.9 Å². The molecule has 3 heterocycles. The second-order valence-electron chi connectivity index (χ2n) is 5.44. The number of nitrogens with one attached hydrogen (secondary N) is 1. The van der Waals surface area contributed by atoms with Gasteiger partial charge in [0.25, 0.3) is 0 Å². The van der Waals surface area contributed by atoms with Crippen LogP contribution in [0.4, 0.5) is 0 Å². The smallest absolute Gasteiger partial charge is 0.244 e. The van der Waals surface area contributed by atoms with Gasteiger partial charge >= 0.3 is 0 Å². The molecule has 2 aliphatic rings. The number of nitriles is 1. The van der Waals surface area contributed by atoms with E-state index in [1.54, 1.807) is 19.2 Å². The Bertz CT molecular complexity index is 910. The SMILES string of the molecule is COc1cc2c(cc1C1C(C#N)=C(N)Oc3n[nH]c(C)c31)OCO2. The molecule has 122 valence electrons. The minimum atomic E-state index is -0.470. The van der Waals surface area contributed by atoms with Gasteiger partial charge in [0.1, 0.15) is 17.4 Å². The number of fused-ring (bicyclic) bond motifs is 2. The molecule has 0 saturated heterocycles. The fourth-order valence-corrected chi connectivity index (χ4v) is 3.05. The Morgan fingerprint density at radius 2 is 2.12 bits per heavy atom. The number of nitrogens with zero attached hydrogens (tertiary/aromatic N) is 2. The first-order valence-electron chi connectivity index (χ1n) is 7.24. The van der Waals surface area contributed by atoms with E-state index in [4.69, 9.17) is 24.7 Å². The second-order valence-corrected chi connectivity index (χ2v) is 5.44. The van der Waals surface area contributed by atoms with E-state index in [0.717, 1.165) is 16.8 Å². The largest absolute Gasteiger partial charge is 0.496 e. The molecule has 1 atom stereocenters. The summed E-state index contributed by atoms with van der Waals surface area (Å²) in [7, 11) is 1.56. The Hall–Kier alpha value is -3.34. The minimum absolute atomic E-state index is 0.0289. The Balaban J connectivity index is 1.98. The summed E-state index contributed by atoms with van der Waals surface area (Å²) in [6.45, 7) is 2.01. The zero-order chi connectivity index (χ0) is 16.8. The van der Waals surface area contributed by atoms with Crippen molar-refractivity contribution >= 4 is 0 Å². The molecule has 0 radical (unpaired) electrons. The first-order valence-corrected chi connectivity index (χ1v) is 7.24. The summed E-state index contributed by atoms with van der Waals surface area (Å²) in [6.07, 6.45) is 0. The summed E-state index contributed by atoms with van der Waals surface area (Å²) < 4.78 is 21.8. The second kappa shape index (κ2) is 5.09. The molecule has 8 heteroatoms. The molecule has 1 unspecified atom stereocenters. The van der Waals surface area contributed by atoms with Gasteiger partial charge in [-0.2, -0.15) is 5.26 Å². The van der Waals surface area contributed by atoms with Gasteiger partial charge in [-0.3, -0.25) is 5.10 Å². The van der Waals surface area contributed by atoms with Gasteiger partial charge in [0.05, 0.1) is 13.0 Å². The van der Waals surface area contributed by atoms with E-state index in [1.807, 2.05) is 6.92 Å². The maximum Gasteiger partial charge on any atom is 0.244 e. The maximum absolute atomic E-state index is 9.61. The molecule has 0 aliphatic carbocycles. The van der Waals surface area contributed by atoms with Gasteiger partial charge in [-0.05, 0) is 13.0 Å². The average molecular weight is 326 g/mol. The molecule has 1 aromatic carbocycles. The number of hydrogen-bond donors (Lipinski definition) is 2. The number of ether oxygens (including phenoxy) is 4. The minimum Gasteiger partial charge on any atom is -0.496 e. The fourth-order valence-electron chi connectivity index (χ4n) is 3.05. The zero-order valence-electron chi connectivity index (χ0n) is 13.0. The Morgan fingerprint density at radius 3 is 2.83 bits per heavy atom. The van der Waals surface area contributed by atoms with E-state index in [0.29, 0.717) is 28.7 Å². The van der Waals surface area contributed by atoms with Crippen LogP contribution in [0.3, 0.4) is 0 Å². The molecule has 0 bridgehead atoms. The third kappa shape index (κ3) is 1.88. The van der Waals surface area contributed by atoms with Crippen LogP contribution >= 0.6 is 0 Å². The lowest BCUT2D eigenvalue weighted by molar-refractivity contribution is 0.174. The van der Waals surface area contributed by atoms with Crippen LogP contribution in [-0.4, -0.2) is 24.1 Å². The van der Waals surface area contributed by atoms with Crippen LogP contribution in [-0.2, 0) is 0 Å². The number of nitrogens with two attached hydrogens (primary N) is 1. The summed E-state index contributed by atoms with van der Waals surface area (Å²) in [5.74, 6) is 1.67. The summed E-state index contributed by atoms with van der Waals surface area (Å²) in [5, 5.41) is 16.6. The van der Waals surface area contributed by atoms with Crippen LogP contribution in [0.15, 0.2) is 23.6 Å². The Morgan fingerprint density at radius 1 is 1.38 bits per heavy atom. The Labute approximate surface area is 137 Å². The van der Waals surface area contributed by atoms with Crippen LogP contribution < -0.4 is 24.7 Å². The molecule has 1 aromatic heterocycles. The molecule has 2 aromatic rings. The normalized spacial score (nSPS) is 18.0. The standard InChI is InChI=1S/C16H14N4O4/c1-7-13-14(9(5-17)15(18)24-16(13)20-19-7)8-3-11-12(23-6-22-11)4-10(8)21-2/h3-4,14H,6,18H2,1-2H3,(H,19,20). The number of allylic oxidation sites excluding steroid dienone is 1. The van der Waals surface area contributed by atoms with E-state index >= 15 is 0 Å². The average Bonchev–Trinajstić information content (AvgIpc) is 3.18. The predicted molar refractivity (Wildman–Crippen MR) is 81.7 cm³/mol. The molecule has 3 N–H and O–H groups in total. The van der Waals surface area contributed by atoms with E-state index in [-0.39, 0.29) is 12.7 Å².